The highest BCUT2D eigenvalue weighted by Crippen LogP contribution is 2.42. The summed E-state index contributed by atoms with van der Waals surface area (Å²) in [5.74, 6) is 0. The van der Waals surface area contributed by atoms with Gasteiger partial charge >= 0.3 is 0 Å². The van der Waals surface area contributed by atoms with Crippen molar-refractivity contribution in [3.8, 4) is 27.9 Å². The van der Waals surface area contributed by atoms with Gasteiger partial charge in [0.05, 0.1) is 11.0 Å². The number of fused-ring (bicyclic) bond motifs is 7. The number of benzene rings is 9. The Balaban J connectivity index is 1.08. The van der Waals surface area contributed by atoms with Gasteiger partial charge in [0.2, 0.25) is 0 Å². The average Bonchev–Trinajstić information content (AvgIpc) is 3.79. The smallest absolute Gasteiger partial charge is 0.135 e. The zero-order valence-corrected chi connectivity index (χ0v) is 29.9. The second-order valence-corrected chi connectivity index (χ2v) is 14.2. The van der Waals surface area contributed by atoms with E-state index in [1.54, 1.807) is 0 Å². The lowest BCUT2D eigenvalue weighted by atomic mass is 9.96. The van der Waals surface area contributed by atoms with Crippen molar-refractivity contribution in [2.45, 2.75) is 0 Å². The standard InChI is InChI=1S/C52H34N2O/c1-2-15-39(16-3-1)54-49-22-8-6-19-45(49)46-30-28-42(34-50(46)54)53(41-29-31-52-48(33-41)47-20-7-9-23-51(47)55-52)40-17-10-14-38(32-40)35-24-26-37(27-25-35)44-21-11-13-36-12-4-5-18-43(36)44/h1-34H. The monoisotopic (exact) mass is 702 g/mol. The number of para-hydroxylation sites is 3. The molecule has 0 aliphatic heterocycles. The summed E-state index contributed by atoms with van der Waals surface area (Å²) in [6.07, 6.45) is 0. The zero-order chi connectivity index (χ0) is 36.3. The van der Waals surface area contributed by atoms with E-state index in [-0.39, 0.29) is 0 Å². The van der Waals surface area contributed by atoms with E-state index < -0.39 is 0 Å². The number of rotatable bonds is 6. The molecule has 3 nitrogen and oxygen atoms in total. The molecule has 0 fully saturated rings. The minimum absolute atomic E-state index is 0.879. The van der Waals surface area contributed by atoms with Gasteiger partial charge in [0.1, 0.15) is 11.2 Å². The van der Waals surface area contributed by atoms with Gasteiger partial charge in [-0.3, -0.25) is 0 Å². The van der Waals surface area contributed by atoms with E-state index in [9.17, 15) is 0 Å². The van der Waals surface area contributed by atoms with Crippen LogP contribution in [-0.4, -0.2) is 4.57 Å². The van der Waals surface area contributed by atoms with Gasteiger partial charge in [-0.05, 0) is 99.8 Å². The summed E-state index contributed by atoms with van der Waals surface area (Å²) in [4.78, 5) is 2.38. The summed E-state index contributed by atoms with van der Waals surface area (Å²) in [6.45, 7) is 0. The van der Waals surface area contributed by atoms with E-state index in [1.165, 1.54) is 43.8 Å². The Hall–Kier alpha value is -7.36. The molecule has 3 heteroatoms. The van der Waals surface area contributed by atoms with Gasteiger partial charge in [-0.15, -0.1) is 0 Å². The first-order chi connectivity index (χ1) is 27.3. The fourth-order valence-electron chi connectivity index (χ4n) is 8.40. The van der Waals surface area contributed by atoms with Crippen LogP contribution in [0, 0.1) is 0 Å². The Kier molecular flexibility index (Phi) is 7.17. The largest absolute Gasteiger partial charge is 0.456 e. The molecule has 11 aromatic rings. The molecular weight excluding hydrogens is 669 g/mol. The quantitative estimate of drug-likeness (QED) is 0.172. The van der Waals surface area contributed by atoms with Crippen LogP contribution >= 0.6 is 0 Å². The van der Waals surface area contributed by atoms with Crippen LogP contribution in [-0.2, 0) is 0 Å². The Labute approximate surface area is 318 Å². The lowest BCUT2D eigenvalue weighted by Gasteiger charge is -2.26. The van der Waals surface area contributed by atoms with Gasteiger partial charge in [-0.1, -0.05) is 140 Å². The number of hydrogen-bond donors (Lipinski definition) is 0. The van der Waals surface area contributed by atoms with Crippen molar-refractivity contribution in [1.29, 1.82) is 0 Å². The van der Waals surface area contributed by atoms with E-state index in [2.05, 4.69) is 204 Å². The third-order valence-electron chi connectivity index (χ3n) is 11.0. The predicted octanol–water partition coefficient (Wildman–Crippen LogP) is 14.6. The average molecular weight is 703 g/mol. The van der Waals surface area contributed by atoms with Crippen molar-refractivity contribution >= 4 is 71.6 Å². The third kappa shape index (κ3) is 5.20. The van der Waals surface area contributed by atoms with Gasteiger partial charge in [-0.2, -0.15) is 0 Å². The van der Waals surface area contributed by atoms with Crippen LogP contribution in [0.4, 0.5) is 17.1 Å². The molecule has 0 amide bonds. The van der Waals surface area contributed by atoms with Gasteiger partial charge < -0.3 is 13.9 Å². The normalized spacial score (nSPS) is 11.6. The molecule has 0 radical (unpaired) electrons. The fraction of sp³-hybridized carbons (Fsp3) is 0. The van der Waals surface area contributed by atoms with Gasteiger partial charge in [0.25, 0.3) is 0 Å². The fourth-order valence-corrected chi connectivity index (χ4v) is 8.40. The van der Waals surface area contributed by atoms with Crippen LogP contribution in [0.2, 0.25) is 0 Å². The summed E-state index contributed by atoms with van der Waals surface area (Å²) in [6, 6.07) is 74.1. The van der Waals surface area contributed by atoms with Gasteiger partial charge in [0.15, 0.2) is 0 Å². The molecule has 2 heterocycles. The summed E-state index contributed by atoms with van der Waals surface area (Å²) in [7, 11) is 0. The van der Waals surface area contributed by atoms with Crippen LogP contribution < -0.4 is 4.90 Å². The van der Waals surface area contributed by atoms with Crippen LogP contribution in [0.25, 0.3) is 82.5 Å². The third-order valence-corrected chi connectivity index (χ3v) is 11.0. The van der Waals surface area contributed by atoms with E-state index in [4.69, 9.17) is 4.42 Å². The summed E-state index contributed by atoms with van der Waals surface area (Å²) >= 11 is 0. The topological polar surface area (TPSA) is 21.3 Å². The maximum absolute atomic E-state index is 6.27. The zero-order valence-electron chi connectivity index (χ0n) is 29.9. The first-order valence-corrected chi connectivity index (χ1v) is 18.8. The van der Waals surface area contributed by atoms with E-state index in [0.717, 1.165) is 55.8 Å². The SMILES string of the molecule is c1ccc(-n2c3ccccc3c3ccc(N(c4cccc(-c5ccc(-c6cccc7ccccc67)cc5)c4)c4ccc5oc6ccccc6c5c4)cc32)cc1. The molecule has 55 heavy (non-hydrogen) atoms. The Morgan fingerprint density at radius 2 is 0.982 bits per heavy atom. The number of aromatic nitrogens is 1. The molecule has 0 aliphatic rings. The van der Waals surface area contributed by atoms with Crippen molar-refractivity contribution in [3.05, 3.63) is 206 Å². The van der Waals surface area contributed by atoms with Crippen LogP contribution in [0.15, 0.2) is 211 Å². The summed E-state index contributed by atoms with van der Waals surface area (Å²) < 4.78 is 8.66. The van der Waals surface area contributed by atoms with Crippen molar-refractivity contribution in [1.82, 2.24) is 4.57 Å². The first-order valence-electron chi connectivity index (χ1n) is 18.8. The maximum Gasteiger partial charge on any atom is 0.135 e. The minimum Gasteiger partial charge on any atom is -0.456 e. The molecule has 0 atom stereocenters. The Morgan fingerprint density at radius 1 is 0.345 bits per heavy atom. The van der Waals surface area contributed by atoms with Crippen molar-refractivity contribution in [3.63, 3.8) is 0 Å². The molecule has 0 saturated carbocycles. The molecule has 0 aliphatic carbocycles. The second kappa shape index (κ2) is 12.6. The molecule has 0 unspecified atom stereocenters. The van der Waals surface area contributed by atoms with E-state index in [0.29, 0.717) is 0 Å². The molecule has 0 N–H and O–H groups in total. The highest BCUT2D eigenvalue weighted by atomic mass is 16.3. The molecule has 11 rings (SSSR count). The lowest BCUT2D eigenvalue weighted by Crippen LogP contribution is -2.10. The molecular formula is C52H34N2O. The lowest BCUT2D eigenvalue weighted by molar-refractivity contribution is 0.669. The molecule has 2 aromatic heterocycles. The van der Waals surface area contributed by atoms with Crippen molar-refractivity contribution in [2.75, 3.05) is 4.90 Å². The molecule has 258 valence electrons. The van der Waals surface area contributed by atoms with Crippen LogP contribution in [0.3, 0.4) is 0 Å². The minimum atomic E-state index is 0.879. The molecule has 0 saturated heterocycles. The highest BCUT2D eigenvalue weighted by Gasteiger charge is 2.19. The summed E-state index contributed by atoms with van der Waals surface area (Å²) in [5.41, 5.74) is 13.2. The predicted molar refractivity (Wildman–Crippen MR) is 231 cm³/mol. The van der Waals surface area contributed by atoms with E-state index >= 15 is 0 Å². The summed E-state index contributed by atoms with van der Waals surface area (Å²) in [5, 5.41) is 7.18. The maximum atomic E-state index is 6.27. The van der Waals surface area contributed by atoms with E-state index in [1.807, 2.05) is 12.1 Å². The Morgan fingerprint density at radius 3 is 1.87 bits per heavy atom. The Bertz CT molecular complexity index is 3200. The second-order valence-electron chi connectivity index (χ2n) is 14.2. The van der Waals surface area contributed by atoms with Gasteiger partial charge in [0, 0.05) is 44.3 Å². The van der Waals surface area contributed by atoms with Crippen molar-refractivity contribution < 1.29 is 4.42 Å². The van der Waals surface area contributed by atoms with Crippen LogP contribution in [0.5, 0.6) is 0 Å². The number of hydrogen-bond acceptors (Lipinski definition) is 2. The molecule has 9 aromatic carbocycles. The first kappa shape index (κ1) is 31.2. The molecule has 0 bridgehead atoms. The van der Waals surface area contributed by atoms with Crippen LogP contribution in [0.1, 0.15) is 0 Å². The number of furan rings is 1. The number of anilines is 3. The van der Waals surface area contributed by atoms with Crippen molar-refractivity contribution in [2.24, 2.45) is 0 Å². The molecule has 0 spiro atoms. The van der Waals surface area contributed by atoms with Gasteiger partial charge in [-0.25, -0.2) is 0 Å². The number of nitrogens with zero attached hydrogens (tertiary/aromatic N) is 2. The highest BCUT2D eigenvalue weighted by molar-refractivity contribution is 6.11.